The van der Waals surface area contributed by atoms with Crippen LogP contribution in [0.4, 0.5) is 0 Å². The topological polar surface area (TPSA) is 26.0 Å². The Hall–Kier alpha value is 0.240. The van der Waals surface area contributed by atoms with E-state index < -0.39 is 0 Å². The lowest BCUT2D eigenvalue weighted by Gasteiger charge is -2.11. The molecule has 0 spiro atoms. The summed E-state index contributed by atoms with van der Waals surface area (Å²) in [6.45, 7) is 6.57. The zero-order chi connectivity index (χ0) is 8.15. The zero-order valence-electron chi connectivity index (χ0n) is 6.76. The standard InChI is InChI=1S/C7H15NS2/c1-5(2)4-6(3)10-7(8)9/h5-6H,4H2,1-3H3,(H2,8,9). The van der Waals surface area contributed by atoms with E-state index in [1.165, 1.54) is 6.42 Å². The number of hydrogen-bond donors (Lipinski definition) is 1. The molecule has 0 aromatic carbocycles. The molecule has 2 N–H and O–H groups in total. The smallest absolute Gasteiger partial charge is 0.131 e. The maximum Gasteiger partial charge on any atom is 0.131 e. The van der Waals surface area contributed by atoms with E-state index in [2.05, 4.69) is 20.8 Å². The fourth-order valence-corrected chi connectivity index (χ4v) is 2.28. The van der Waals surface area contributed by atoms with Gasteiger partial charge >= 0.3 is 0 Å². The van der Waals surface area contributed by atoms with Crippen LogP contribution in [0.5, 0.6) is 0 Å². The van der Waals surface area contributed by atoms with Crippen LogP contribution in [0.25, 0.3) is 0 Å². The van der Waals surface area contributed by atoms with Gasteiger partial charge in [0, 0.05) is 5.25 Å². The van der Waals surface area contributed by atoms with Crippen molar-refractivity contribution in [3.8, 4) is 0 Å². The van der Waals surface area contributed by atoms with Crippen molar-refractivity contribution in [1.82, 2.24) is 0 Å². The molecule has 0 amide bonds. The van der Waals surface area contributed by atoms with Gasteiger partial charge in [0.15, 0.2) is 0 Å². The Balaban J connectivity index is 3.43. The summed E-state index contributed by atoms with van der Waals surface area (Å²) < 4.78 is 0.563. The van der Waals surface area contributed by atoms with Gasteiger partial charge in [-0.1, -0.05) is 44.8 Å². The first-order valence-corrected chi connectivity index (χ1v) is 4.77. The van der Waals surface area contributed by atoms with Crippen molar-refractivity contribution in [2.45, 2.75) is 32.4 Å². The van der Waals surface area contributed by atoms with Crippen LogP contribution in [0.15, 0.2) is 0 Å². The Morgan fingerprint density at radius 2 is 2.00 bits per heavy atom. The Bertz CT molecular complexity index is 112. The molecule has 0 aliphatic heterocycles. The first kappa shape index (κ1) is 10.2. The molecule has 0 saturated carbocycles. The van der Waals surface area contributed by atoms with Crippen LogP contribution in [0.1, 0.15) is 27.2 Å². The Labute approximate surface area is 72.8 Å². The van der Waals surface area contributed by atoms with Gasteiger partial charge in [-0.15, -0.1) is 0 Å². The molecular weight excluding hydrogens is 162 g/mol. The predicted molar refractivity (Wildman–Crippen MR) is 53.3 cm³/mol. The molecule has 0 fully saturated rings. The molecule has 0 aromatic heterocycles. The summed E-state index contributed by atoms with van der Waals surface area (Å²) in [5, 5.41) is 0.567. The molecule has 0 bridgehead atoms. The molecule has 0 aliphatic carbocycles. The van der Waals surface area contributed by atoms with Gasteiger partial charge in [-0.3, -0.25) is 0 Å². The second kappa shape index (κ2) is 4.97. The van der Waals surface area contributed by atoms with Crippen LogP contribution in [0, 0.1) is 5.92 Å². The highest BCUT2D eigenvalue weighted by Gasteiger charge is 2.05. The highest BCUT2D eigenvalue weighted by molar-refractivity contribution is 8.23. The number of thioether (sulfide) groups is 1. The minimum absolute atomic E-state index is 0.563. The first-order valence-electron chi connectivity index (χ1n) is 3.48. The van der Waals surface area contributed by atoms with E-state index in [9.17, 15) is 0 Å². The summed E-state index contributed by atoms with van der Waals surface area (Å²) in [6, 6.07) is 0. The van der Waals surface area contributed by atoms with Crippen LogP contribution in [0.2, 0.25) is 0 Å². The average molecular weight is 177 g/mol. The molecule has 1 nitrogen and oxygen atoms in total. The fourth-order valence-electron chi connectivity index (χ4n) is 0.910. The van der Waals surface area contributed by atoms with Gasteiger partial charge in [-0.25, -0.2) is 0 Å². The summed E-state index contributed by atoms with van der Waals surface area (Å²) in [5.74, 6) is 0.733. The lowest BCUT2D eigenvalue weighted by Crippen LogP contribution is -2.10. The zero-order valence-corrected chi connectivity index (χ0v) is 8.39. The Kier molecular flexibility index (Phi) is 5.09. The van der Waals surface area contributed by atoms with Gasteiger partial charge in [-0.05, 0) is 12.3 Å². The van der Waals surface area contributed by atoms with Crippen molar-refractivity contribution in [2.24, 2.45) is 11.7 Å². The molecule has 0 saturated heterocycles. The van der Waals surface area contributed by atoms with E-state index in [1.807, 2.05) is 0 Å². The third-order valence-electron chi connectivity index (χ3n) is 1.12. The van der Waals surface area contributed by atoms with E-state index in [1.54, 1.807) is 11.8 Å². The molecule has 0 aromatic rings. The Morgan fingerprint density at radius 1 is 1.50 bits per heavy atom. The summed E-state index contributed by atoms with van der Waals surface area (Å²) in [7, 11) is 0. The maximum atomic E-state index is 5.36. The van der Waals surface area contributed by atoms with Gasteiger partial charge in [0.1, 0.15) is 4.32 Å². The van der Waals surface area contributed by atoms with E-state index in [-0.39, 0.29) is 0 Å². The summed E-state index contributed by atoms with van der Waals surface area (Å²) >= 11 is 6.36. The van der Waals surface area contributed by atoms with E-state index in [0.717, 1.165) is 5.92 Å². The molecule has 0 aliphatic rings. The van der Waals surface area contributed by atoms with Crippen LogP contribution in [-0.4, -0.2) is 9.57 Å². The minimum Gasteiger partial charge on any atom is -0.385 e. The van der Waals surface area contributed by atoms with Crippen molar-refractivity contribution in [2.75, 3.05) is 0 Å². The highest BCUT2D eigenvalue weighted by Crippen LogP contribution is 2.17. The molecule has 0 heterocycles. The molecular formula is C7H15NS2. The quantitative estimate of drug-likeness (QED) is 0.670. The number of nitrogens with two attached hydrogens (primary N) is 1. The predicted octanol–water partition coefficient (Wildman–Crippen LogP) is 2.40. The normalized spacial score (nSPS) is 13.6. The van der Waals surface area contributed by atoms with Crippen molar-refractivity contribution >= 4 is 28.3 Å². The lowest BCUT2D eigenvalue weighted by atomic mass is 10.1. The van der Waals surface area contributed by atoms with Crippen molar-refractivity contribution < 1.29 is 0 Å². The number of rotatable bonds is 3. The third kappa shape index (κ3) is 6.36. The van der Waals surface area contributed by atoms with Gasteiger partial charge in [0.2, 0.25) is 0 Å². The van der Waals surface area contributed by atoms with Gasteiger partial charge in [0.25, 0.3) is 0 Å². The highest BCUT2D eigenvalue weighted by atomic mass is 32.2. The van der Waals surface area contributed by atoms with Crippen LogP contribution in [-0.2, 0) is 0 Å². The third-order valence-corrected chi connectivity index (χ3v) is 2.24. The van der Waals surface area contributed by atoms with E-state index in [0.29, 0.717) is 9.57 Å². The molecule has 10 heavy (non-hydrogen) atoms. The molecule has 60 valence electrons. The summed E-state index contributed by atoms with van der Waals surface area (Å²) in [6.07, 6.45) is 1.18. The summed E-state index contributed by atoms with van der Waals surface area (Å²) in [5.41, 5.74) is 5.36. The maximum absolute atomic E-state index is 5.36. The van der Waals surface area contributed by atoms with Crippen molar-refractivity contribution in [1.29, 1.82) is 0 Å². The monoisotopic (exact) mass is 177 g/mol. The van der Waals surface area contributed by atoms with Crippen molar-refractivity contribution in [3.63, 3.8) is 0 Å². The van der Waals surface area contributed by atoms with Crippen LogP contribution in [0.3, 0.4) is 0 Å². The second-order valence-corrected chi connectivity index (χ2v) is 5.06. The van der Waals surface area contributed by atoms with Gasteiger partial charge in [-0.2, -0.15) is 0 Å². The van der Waals surface area contributed by atoms with Gasteiger partial charge in [0.05, 0.1) is 0 Å². The number of thiocarbonyl (C=S) groups is 1. The fraction of sp³-hybridized carbons (Fsp3) is 0.857. The second-order valence-electron chi connectivity index (χ2n) is 2.88. The van der Waals surface area contributed by atoms with Crippen LogP contribution < -0.4 is 5.73 Å². The van der Waals surface area contributed by atoms with E-state index in [4.69, 9.17) is 18.0 Å². The average Bonchev–Trinajstić information content (AvgIpc) is 1.58. The molecule has 1 unspecified atom stereocenters. The first-order chi connectivity index (χ1) is 4.52. The Morgan fingerprint density at radius 3 is 2.30 bits per heavy atom. The lowest BCUT2D eigenvalue weighted by molar-refractivity contribution is 0.586. The summed E-state index contributed by atoms with van der Waals surface area (Å²) in [4.78, 5) is 0. The SMILES string of the molecule is CC(C)CC(C)SC(N)=S. The van der Waals surface area contributed by atoms with Crippen molar-refractivity contribution in [3.05, 3.63) is 0 Å². The van der Waals surface area contributed by atoms with Gasteiger partial charge < -0.3 is 5.73 Å². The largest absolute Gasteiger partial charge is 0.385 e. The molecule has 0 radical (unpaired) electrons. The molecule has 1 atom stereocenters. The van der Waals surface area contributed by atoms with E-state index >= 15 is 0 Å². The number of hydrogen-bond acceptors (Lipinski definition) is 2. The molecule has 3 heteroatoms. The minimum atomic E-state index is 0.563. The van der Waals surface area contributed by atoms with Crippen LogP contribution >= 0.6 is 24.0 Å². The molecule has 0 rings (SSSR count).